The van der Waals surface area contributed by atoms with Crippen molar-refractivity contribution in [3.05, 3.63) is 35.9 Å². The number of methoxy groups -OCH3 is 1. The van der Waals surface area contributed by atoms with E-state index in [-0.39, 0.29) is 11.8 Å². The van der Waals surface area contributed by atoms with Crippen LogP contribution in [0.3, 0.4) is 0 Å². The Morgan fingerprint density at radius 1 is 1.25 bits per heavy atom. The van der Waals surface area contributed by atoms with Gasteiger partial charge in [-0.1, -0.05) is 49.6 Å². The maximum absolute atomic E-state index is 12.4. The summed E-state index contributed by atoms with van der Waals surface area (Å²) in [5, 5.41) is 3.40. The van der Waals surface area contributed by atoms with Gasteiger partial charge in [0, 0.05) is 25.1 Å². The van der Waals surface area contributed by atoms with Gasteiger partial charge in [-0.25, -0.2) is 0 Å². The Balaban J connectivity index is 1.97. The first-order valence-electron chi connectivity index (χ1n) is 7.62. The predicted octanol–water partition coefficient (Wildman–Crippen LogP) is 3.40. The highest BCUT2D eigenvalue weighted by Gasteiger charge is 2.25. The van der Waals surface area contributed by atoms with E-state index < -0.39 is 0 Å². The van der Waals surface area contributed by atoms with Crippen LogP contribution < -0.4 is 5.32 Å². The number of nitrogens with one attached hydrogen (secondary N) is 1. The Labute approximate surface area is 121 Å². The summed E-state index contributed by atoms with van der Waals surface area (Å²) in [6.45, 7) is 0.517. The molecule has 1 unspecified atom stereocenters. The van der Waals surface area contributed by atoms with E-state index in [2.05, 4.69) is 5.32 Å². The lowest BCUT2D eigenvalue weighted by Crippen LogP contribution is -2.40. The molecule has 0 saturated heterocycles. The number of carbonyl (C=O) groups excluding carboxylic acids is 1. The van der Waals surface area contributed by atoms with E-state index in [0.29, 0.717) is 19.1 Å². The summed E-state index contributed by atoms with van der Waals surface area (Å²) in [6.07, 6.45) is 6.93. The average Bonchev–Trinajstić information content (AvgIpc) is 2.53. The SMILES string of the molecule is COCNC(CC(=O)c1ccccc1)C1CCCCC1. The van der Waals surface area contributed by atoms with Gasteiger partial charge in [0.1, 0.15) is 0 Å². The van der Waals surface area contributed by atoms with Gasteiger partial charge in [-0.05, 0) is 18.8 Å². The number of rotatable bonds is 7. The summed E-state index contributed by atoms with van der Waals surface area (Å²) in [6, 6.07) is 9.82. The summed E-state index contributed by atoms with van der Waals surface area (Å²) < 4.78 is 5.13. The molecule has 0 amide bonds. The van der Waals surface area contributed by atoms with E-state index >= 15 is 0 Å². The monoisotopic (exact) mass is 275 g/mol. The number of hydrogen-bond acceptors (Lipinski definition) is 3. The van der Waals surface area contributed by atoms with Crippen LogP contribution in [0.4, 0.5) is 0 Å². The lowest BCUT2D eigenvalue weighted by molar-refractivity contribution is 0.0915. The highest BCUT2D eigenvalue weighted by molar-refractivity contribution is 5.96. The number of ether oxygens (including phenoxy) is 1. The van der Waals surface area contributed by atoms with Crippen molar-refractivity contribution in [3.63, 3.8) is 0 Å². The van der Waals surface area contributed by atoms with Crippen molar-refractivity contribution >= 4 is 5.78 Å². The van der Waals surface area contributed by atoms with Gasteiger partial charge in [0.2, 0.25) is 0 Å². The van der Waals surface area contributed by atoms with Gasteiger partial charge in [0.25, 0.3) is 0 Å². The van der Waals surface area contributed by atoms with Crippen LogP contribution in [0.5, 0.6) is 0 Å². The van der Waals surface area contributed by atoms with E-state index in [9.17, 15) is 4.79 Å². The average molecular weight is 275 g/mol. The second-order valence-corrected chi connectivity index (χ2v) is 5.64. The number of Topliss-reactive ketones (excluding diaryl/α,β-unsaturated/α-hetero) is 1. The fourth-order valence-electron chi connectivity index (χ4n) is 3.07. The zero-order valence-electron chi connectivity index (χ0n) is 12.3. The van der Waals surface area contributed by atoms with Crippen LogP contribution in [0.1, 0.15) is 48.9 Å². The van der Waals surface area contributed by atoms with Crippen LogP contribution in [0.15, 0.2) is 30.3 Å². The molecule has 1 saturated carbocycles. The standard InChI is InChI=1S/C17H25NO2/c1-20-13-18-16(14-8-4-2-5-9-14)12-17(19)15-10-6-3-7-11-15/h3,6-7,10-11,14,16,18H,2,4-5,8-9,12-13H2,1H3. The Kier molecular flexibility index (Phi) is 6.22. The minimum Gasteiger partial charge on any atom is -0.370 e. The molecule has 1 aromatic rings. The number of hydrogen-bond donors (Lipinski definition) is 1. The smallest absolute Gasteiger partial charge is 0.164 e. The van der Waals surface area contributed by atoms with E-state index in [1.54, 1.807) is 7.11 Å². The molecule has 0 heterocycles. The zero-order chi connectivity index (χ0) is 14.2. The lowest BCUT2D eigenvalue weighted by Gasteiger charge is -2.30. The Morgan fingerprint density at radius 3 is 2.60 bits per heavy atom. The van der Waals surface area contributed by atoms with Crippen LogP contribution in [-0.4, -0.2) is 25.7 Å². The van der Waals surface area contributed by atoms with Gasteiger partial charge in [0.15, 0.2) is 5.78 Å². The van der Waals surface area contributed by atoms with E-state index in [4.69, 9.17) is 4.74 Å². The minimum absolute atomic E-state index is 0.227. The molecule has 0 aliphatic heterocycles. The van der Waals surface area contributed by atoms with Gasteiger partial charge in [0.05, 0.1) is 6.73 Å². The molecule has 1 N–H and O–H groups in total. The summed E-state index contributed by atoms with van der Waals surface area (Å²) in [5.41, 5.74) is 0.813. The van der Waals surface area contributed by atoms with E-state index in [1.807, 2.05) is 30.3 Å². The predicted molar refractivity (Wildman–Crippen MR) is 80.8 cm³/mol. The van der Waals surface area contributed by atoms with E-state index in [0.717, 1.165) is 5.56 Å². The lowest BCUT2D eigenvalue weighted by atomic mass is 9.81. The molecule has 3 heteroatoms. The Hall–Kier alpha value is -1.19. The molecular formula is C17H25NO2. The van der Waals surface area contributed by atoms with Crippen molar-refractivity contribution in [2.45, 2.75) is 44.6 Å². The third-order valence-corrected chi connectivity index (χ3v) is 4.21. The fraction of sp³-hybridized carbons (Fsp3) is 0.588. The quantitative estimate of drug-likeness (QED) is 0.612. The van der Waals surface area contributed by atoms with Crippen molar-refractivity contribution in [2.24, 2.45) is 5.92 Å². The summed E-state index contributed by atoms with van der Waals surface area (Å²) >= 11 is 0. The van der Waals surface area contributed by atoms with Crippen molar-refractivity contribution in [3.8, 4) is 0 Å². The fourth-order valence-corrected chi connectivity index (χ4v) is 3.07. The second-order valence-electron chi connectivity index (χ2n) is 5.64. The molecule has 1 aliphatic rings. The molecule has 3 nitrogen and oxygen atoms in total. The number of benzene rings is 1. The zero-order valence-corrected chi connectivity index (χ0v) is 12.3. The summed E-state index contributed by atoms with van der Waals surface area (Å²) in [5.74, 6) is 0.830. The van der Waals surface area contributed by atoms with Crippen molar-refractivity contribution < 1.29 is 9.53 Å². The molecule has 0 aromatic heterocycles. The van der Waals surface area contributed by atoms with Gasteiger partial charge >= 0.3 is 0 Å². The van der Waals surface area contributed by atoms with Crippen molar-refractivity contribution in [1.82, 2.24) is 5.32 Å². The van der Waals surface area contributed by atoms with E-state index in [1.165, 1.54) is 32.1 Å². The first-order valence-corrected chi connectivity index (χ1v) is 7.62. The van der Waals surface area contributed by atoms with Crippen LogP contribution in [0, 0.1) is 5.92 Å². The first kappa shape index (κ1) is 15.2. The van der Waals surface area contributed by atoms with Crippen LogP contribution >= 0.6 is 0 Å². The normalized spacial score (nSPS) is 17.9. The van der Waals surface area contributed by atoms with Gasteiger partial charge in [-0.3, -0.25) is 10.1 Å². The minimum atomic E-state index is 0.227. The highest BCUT2D eigenvalue weighted by Crippen LogP contribution is 2.28. The van der Waals surface area contributed by atoms with Crippen molar-refractivity contribution in [1.29, 1.82) is 0 Å². The topological polar surface area (TPSA) is 38.3 Å². The van der Waals surface area contributed by atoms with Gasteiger partial charge in [-0.2, -0.15) is 0 Å². The molecule has 0 bridgehead atoms. The summed E-state index contributed by atoms with van der Waals surface area (Å²) in [7, 11) is 1.68. The first-order chi connectivity index (χ1) is 9.81. The molecule has 0 radical (unpaired) electrons. The molecule has 20 heavy (non-hydrogen) atoms. The Morgan fingerprint density at radius 2 is 1.95 bits per heavy atom. The number of ketones is 1. The molecule has 0 spiro atoms. The largest absolute Gasteiger partial charge is 0.370 e. The molecule has 2 rings (SSSR count). The third kappa shape index (κ3) is 4.43. The highest BCUT2D eigenvalue weighted by atomic mass is 16.5. The second kappa shape index (κ2) is 8.18. The maximum atomic E-state index is 12.4. The summed E-state index contributed by atoms with van der Waals surface area (Å²) in [4.78, 5) is 12.4. The van der Waals surface area contributed by atoms with Crippen LogP contribution in [-0.2, 0) is 4.74 Å². The maximum Gasteiger partial charge on any atom is 0.164 e. The number of carbonyl (C=O) groups is 1. The van der Waals surface area contributed by atoms with Gasteiger partial charge < -0.3 is 4.74 Å². The van der Waals surface area contributed by atoms with Crippen LogP contribution in [0.2, 0.25) is 0 Å². The molecule has 1 fully saturated rings. The van der Waals surface area contributed by atoms with Gasteiger partial charge in [-0.15, -0.1) is 0 Å². The molecule has 1 aromatic carbocycles. The molecule has 110 valence electrons. The third-order valence-electron chi connectivity index (χ3n) is 4.21. The Bertz CT molecular complexity index is 399. The van der Waals surface area contributed by atoms with Crippen LogP contribution in [0.25, 0.3) is 0 Å². The molecule has 1 aliphatic carbocycles. The van der Waals surface area contributed by atoms with Crippen molar-refractivity contribution in [2.75, 3.05) is 13.8 Å². The molecular weight excluding hydrogens is 250 g/mol. The molecule has 1 atom stereocenters.